The molecular weight excluding hydrogens is 312 g/mol. The zero-order valence-electron chi connectivity index (χ0n) is 13.9. The lowest BCUT2D eigenvalue weighted by atomic mass is 10.3. The summed E-state index contributed by atoms with van der Waals surface area (Å²) >= 11 is 0. The van der Waals surface area contributed by atoms with E-state index < -0.39 is 0 Å². The second kappa shape index (κ2) is 7.21. The second-order valence-electron chi connectivity index (χ2n) is 6.02. The summed E-state index contributed by atoms with van der Waals surface area (Å²) in [5.74, 6) is 3.42. The smallest absolute Gasteiger partial charge is 0.135 e. The molecule has 0 radical (unpaired) electrons. The number of rotatable bonds is 5. The van der Waals surface area contributed by atoms with Crippen LogP contribution in [0.5, 0.6) is 11.5 Å². The van der Waals surface area contributed by atoms with Crippen LogP contribution in [-0.4, -0.2) is 23.1 Å². The number of para-hydroxylation sites is 1. The van der Waals surface area contributed by atoms with E-state index in [0.29, 0.717) is 0 Å². The van der Waals surface area contributed by atoms with Crippen LogP contribution in [0.3, 0.4) is 0 Å². The summed E-state index contributed by atoms with van der Waals surface area (Å²) < 4.78 is 5.81. The Bertz CT molecular complexity index is 815. The van der Waals surface area contributed by atoms with Gasteiger partial charge in [0, 0.05) is 24.8 Å². The van der Waals surface area contributed by atoms with Gasteiger partial charge in [-0.3, -0.25) is 0 Å². The van der Waals surface area contributed by atoms with E-state index in [9.17, 15) is 0 Å². The molecule has 1 saturated heterocycles. The first-order valence-corrected chi connectivity index (χ1v) is 8.54. The minimum atomic E-state index is 0.800. The molecule has 0 unspecified atom stereocenters. The van der Waals surface area contributed by atoms with Gasteiger partial charge in [0.2, 0.25) is 0 Å². The molecule has 25 heavy (non-hydrogen) atoms. The van der Waals surface area contributed by atoms with Gasteiger partial charge in [0.1, 0.15) is 29.5 Å². The van der Waals surface area contributed by atoms with Crippen LogP contribution in [0.2, 0.25) is 0 Å². The maximum absolute atomic E-state index is 5.81. The summed E-state index contributed by atoms with van der Waals surface area (Å²) in [5.41, 5.74) is 0.964. The average molecular weight is 332 g/mol. The first-order valence-electron chi connectivity index (χ1n) is 8.54. The first-order chi connectivity index (χ1) is 12.4. The van der Waals surface area contributed by atoms with E-state index in [-0.39, 0.29) is 0 Å². The Morgan fingerprint density at radius 3 is 2.32 bits per heavy atom. The minimum Gasteiger partial charge on any atom is -0.457 e. The molecule has 1 aliphatic rings. The maximum atomic E-state index is 5.81. The van der Waals surface area contributed by atoms with Crippen molar-refractivity contribution >= 4 is 17.3 Å². The molecular formula is C20H20N4O. The number of hydrogen-bond donors (Lipinski definition) is 1. The molecule has 0 saturated carbocycles. The molecule has 5 nitrogen and oxygen atoms in total. The van der Waals surface area contributed by atoms with Gasteiger partial charge in [0.15, 0.2) is 0 Å². The fraction of sp³-hybridized carbons (Fsp3) is 0.200. The number of anilines is 3. The zero-order valence-corrected chi connectivity index (χ0v) is 13.9. The van der Waals surface area contributed by atoms with Gasteiger partial charge >= 0.3 is 0 Å². The molecule has 2 aromatic carbocycles. The van der Waals surface area contributed by atoms with E-state index in [1.54, 1.807) is 6.33 Å². The van der Waals surface area contributed by atoms with Crippen molar-refractivity contribution in [2.45, 2.75) is 12.8 Å². The molecule has 5 heteroatoms. The fourth-order valence-electron chi connectivity index (χ4n) is 2.91. The third kappa shape index (κ3) is 3.88. The van der Waals surface area contributed by atoms with Crippen LogP contribution in [0, 0.1) is 0 Å². The normalized spacial score (nSPS) is 13.7. The third-order valence-electron chi connectivity index (χ3n) is 4.19. The Kier molecular flexibility index (Phi) is 4.46. The highest BCUT2D eigenvalue weighted by Gasteiger charge is 2.14. The van der Waals surface area contributed by atoms with Gasteiger partial charge in [-0.15, -0.1) is 0 Å². The standard InChI is InChI=1S/C20H20N4O/c1-2-6-17(7-3-1)25-18-10-8-16(9-11-18)23-19-14-20(22-15-21-19)24-12-4-5-13-24/h1-3,6-11,14-15H,4-5,12-13H2,(H,21,22,23). The van der Waals surface area contributed by atoms with Crippen molar-refractivity contribution < 1.29 is 4.74 Å². The highest BCUT2D eigenvalue weighted by Crippen LogP contribution is 2.25. The summed E-state index contributed by atoms with van der Waals surface area (Å²) in [5, 5.41) is 3.33. The molecule has 4 rings (SSSR count). The van der Waals surface area contributed by atoms with Gasteiger partial charge in [-0.2, -0.15) is 0 Å². The number of nitrogens with zero attached hydrogens (tertiary/aromatic N) is 3. The van der Waals surface area contributed by atoms with Crippen molar-refractivity contribution in [3.05, 3.63) is 67.0 Å². The van der Waals surface area contributed by atoms with E-state index in [0.717, 1.165) is 41.9 Å². The number of hydrogen-bond acceptors (Lipinski definition) is 5. The summed E-state index contributed by atoms with van der Waals surface area (Å²) in [6.07, 6.45) is 4.08. The van der Waals surface area contributed by atoms with Crippen molar-refractivity contribution in [2.75, 3.05) is 23.3 Å². The topological polar surface area (TPSA) is 50.3 Å². The van der Waals surface area contributed by atoms with Crippen LogP contribution >= 0.6 is 0 Å². The maximum Gasteiger partial charge on any atom is 0.135 e. The molecule has 1 aromatic heterocycles. The summed E-state index contributed by atoms with van der Waals surface area (Å²) in [4.78, 5) is 11.0. The SMILES string of the molecule is c1ccc(Oc2ccc(Nc3cc(N4CCCC4)ncn3)cc2)cc1. The predicted octanol–water partition coefficient (Wildman–Crippen LogP) is 4.61. The third-order valence-corrected chi connectivity index (χ3v) is 4.19. The van der Waals surface area contributed by atoms with E-state index >= 15 is 0 Å². The summed E-state index contributed by atoms with van der Waals surface area (Å²) in [7, 11) is 0. The molecule has 126 valence electrons. The molecule has 0 aliphatic carbocycles. The van der Waals surface area contributed by atoms with E-state index in [1.807, 2.05) is 60.7 Å². The number of nitrogens with one attached hydrogen (secondary N) is 1. The second-order valence-corrected chi connectivity index (χ2v) is 6.02. The van der Waals surface area contributed by atoms with Crippen LogP contribution in [0.25, 0.3) is 0 Å². The Morgan fingerprint density at radius 1 is 0.840 bits per heavy atom. The molecule has 3 aromatic rings. The van der Waals surface area contributed by atoms with Gasteiger partial charge < -0.3 is 15.0 Å². The molecule has 1 aliphatic heterocycles. The van der Waals surface area contributed by atoms with E-state index in [4.69, 9.17) is 4.74 Å². The zero-order chi connectivity index (χ0) is 16.9. The minimum absolute atomic E-state index is 0.800. The van der Waals surface area contributed by atoms with Gasteiger partial charge in [-0.25, -0.2) is 9.97 Å². The highest BCUT2D eigenvalue weighted by molar-refractivity contribution is 5.60. The van der Waals surface area contributed by atoms with Crippen LogP contribution in [0.15, 0.2) is 67.0 Å². The van der Waals surface area contributed by atoms with Crippen LogP contribution in [0.1, 0.15) is 12.8 Å². The average Bonchev–Trinajstić information content (AvgIpc) is 3.19. The van der Waals surface area contributed by atoms with Crippen molar-refractivity contribution in [3.8, 4) is 11.5 Å². The Morgan fingerprint density at radius 2 is 1.56 bits per heavy atom. The van der Waals surface area contributed by atoms with Gasteiger partial charge in [0.25, 0.3) is 0 Å². The number of benzene rings is 2. The first kappa shape index (κ1) is 15.4. The van der Waals surface area contributed by atoms with Crippen molar-refractivity contribution in [1.29, 1.82) is 0 Å². The lowest BCUT2D eigenvalue weighted by Gasteiger charge is -2.16. The largest absolute Gasteiger partial charge is 0.457 e. The molecule has 0 bridgehead atoms. The molecule has 1 N–H and O–H groups in total. The predicted molar refractivity (Wildman–Crippen MR) is 99.7 cm³/mol. The monoisotopic (exact) mass is 332 g/mol. The van der Waals surface area contributed by atoms with Gasteiger partial charge in [-0.1, -0.05) is 18.2 Å². The van der Waals surface area contributed by atoms with Crippen LogP contribution in [0.4, 0.5) is 17.3 Å². The highest BCUT2D eigenvalue weighted by atomic mass is 16.5. The van der Waals surface area contributed by atoms with E-state index in [2.05, 4.69) is 20.2 Å². The molecule has 2 heterocycles. The number of aromatic nitrogens is 2. The van der Waals surface area contributed by atoms with Crippen LogP contribution in [-0.2, 0) is 0 Å². The Hall–Kier alpha value is -3.08. The Labute approximate surface area is 147 Å². The van der Waals surface area contributed by atoms with Crippen molar-refractivity contribution in [3.63, 3.8) is 0 Å². The lowest BCUT2D eigenvalue weighted by Crippen LogP contribution is -2.19. The summed E-state index contributed by atoms with van der Waals surface area (Å²) in [6.45, 7) is 2.14. The molecule has 0 spiro atoms. The van der Waals surface area contributed by atoms with Gasteiger partial charge in [-0.05, 0) is 49.2 Å². The van der Waals surface area contributed by atoms with Crippen molar-refractivity contribution in [1.82, 2.24) is 9.97 Å². The summed E-state index contributed by atoms with van der Waals surface area (Å²) in [6, 6.07) is 19.6. The molecule has 1 fully saturated rings. The van der Waals surface area contributed by atoms with Crippen molar-refractivity contribution in [2.24, 2.45) is 0 Å². The fourth-order valence-corrected chi connectivity index (χ4v) is 2.91. The van der Waals surface area contributed by atoms with Crippen LogP contribution < -0.4 is 15.0 Å². The van der Waals surface area contributed by atoms with E-state index in [1.165, 1.54) is 12.8 Å². The Balaban J connectivity index is 1.43. The molecule has 0 amide bonds. The number of ether oxygens (including phenoxy) is 1. The molecule has 0 atom stereocenters. The van der Waals surface area contributed by atoms with Gasteiger partial charge in [0.05, 0.1) is 0 Å². The lowest BCUT2D eigenvalue weighted by molar-refractivity contribution is 0.483. The quantitative estimate of drug-likeness (QED) is 0.739.